The van der Waals surface area contributed by atoms with Crippen molar-refractivity contribution in [2.24, 2.45) is 0 Å². The second-order valence-corrected chi connectivity index (χ2v) is 9.51. The van der Waals surface area contributed by atoms with Gasteiger partial charge in [0.15, 0.2) is 5.13 Å². The van der Waals surface area contributed by atoms with Crippen LogP contribution in [0.4, 0.5) is 9.93 Å². The van der Waals surface area contributed by atoms with Gasteiger partial charge >= 0.3 is 6.09 Å². The van der Waals surface area contributed by atoms with Crippen molar-refractivity contribution in [1.29, 1.82) is 0 Å². The molecule has 0 atom stereocenters. The summed E-state index contributed by atoms with van der Waals surface area (Å²) in [5.41, 5.74) is 0.135. The molecule has 1 aliphatic heterocycles. The Balaban J connectivity index is 1.44. The quantitative estimate of drug-likeness (QED) is 0.825. The van der Waals surface area contributed by atoms with Crippen LogP contribution < -0.4 is 5.32 Å². The van der Waals surface area contributed by atoms with Crippen LogP contribution in [0, 0.1) is 0 Å². The fourth-order valence-electron chi connectivity index (χ4n) is 3.89. The Morgan fingerprint density at radius 1 is 1.18 bits per heavy atom. The van der Waals surface area contributed by atoms with Gasteiger partial charge in [0.1, 0.15) is 5.60 Å². The Kier molecular flexibility index (Phi) is 6.93. The van der Waals surface area contributed by atoms with Crippen molar-refractivity contribution < 1.29 is 14.3 Å². The SMILES string of the molecule is CC(C)(C)OC(=O)Nc1nc(CC(=O)N2CCN(C3CCCCC3)CC2)cs1. The third kappa shape index (κ3) is 6.17. The zero-order valence-corrected chi connectivity index (χ0v) is 18.0. The maximum Gasteiger partial charge on any atom is 0.413 e. The number of nitrogens with zero attached hydrogens (tertiary/aromatic N) is 3. The topological polar surface area (TPSA) is 74.8 Å². The molecule has 1 N–H and O–H groups in total. The minimum Gasteiger partial charge on any atom is -0.444 e. The number of ether oxygens (including phenoxy) is 1. The Morgan fingerprint density at radius 3 is 2.50 bits per heavy atom. The molecular weight excluding hydrogens is 376 g/mol. The summed E-state index contributed by atoms with van der Waals surface area (Å²) in [5.74, 6) is 0.109. The first-order chi connectivity index (χ1) is 13.3. The van der Waals surface area contributed by atoms with Crippen LogP contribution in [-0.2, 0) is 16.0 Å². The molecule has 0 aromatic carbocycles. The van der Waals surface area contributed by atoms with Crippen molar-refractivity contribution in [1.82, 2.24) is 14.8 Å². The molecule has 156 valence electrons. The highest BCUT2D eigenvalue weighted by molar-refractivity contribution is 7.13. The number of rotatable bonds is 4. The van der Waals surface area contributed by atoms with E-state index in [0.717, 1.165) is 26.2 Å². The number of anilines is 1. The van der Waals surface area contributed by atoms with Gasteiger partial charge < -0.3 is 9.64 Å². The van der Waals surface area contributed by atoms with E-state index in [1.54, 1.807) is 0 Å². The lowest BCUT2D eigenvalue weighted by Gasteiger charge is -2.40. The van der Waals surface area contributed by atoms with E-state index < -0.39 is 11.7 Å². The van der Waals surface area contributed by atoms with E-state index in [1.807, 2.05) is 31.1 Å². The van der Waals surface area contributed by atoms with Gasteiger partial charge in [0.05, 0.1) is 12.1 Å². The minimum atomic E-state index is -0.556. The second-order valence-electron chi connectivity index (χ2n) is 8.66. The fourth-order valence-corrected chi connectivity index (χ4v) is 4.58. The molecule has 2 fully saturated rings. The molecule has 7 nitrogen and oxygen atoms in total. The molecule has 0 radical (unpaired) electrons. The van der Waals surface area contributed by atoms with E-state index in [-0.39, 0.29) is 12.3 Å². The number of aromatic nitrogens is 1. The van der Waals surface area contributed by atoms with Gasteiger partial charge in [0.25, 0.3) is 0 Å². The molecule has 1 aromatic rings. The average molecular weight is 409 g/mol. The predicted octanol–water partition coefficient (Wildman–Crippen LogP) is 3.51. The molecule has 1 aromatic heterocycles. The Morgan fingerprint density at radius 2 is 1.86 bits per heavy atom. The molecule has 28 heavy (non-hydrogen) atoms. The number of piperazine rings is 1. The Labute approximate surface area is 171 Å². The Hall–Kier alpha value is -1.67. The second kappa shape index (κ2) is 9.22. The minimum absolute atomic E-state index is 0.109. The molecule has 1 saturated carbocycles. The van der Waals surface area contributed by atoms with Crippen molar-refractivity contribution >= 4 is 28.5 Å². The molecule has 2 aliphatic rings. The number of nitrogens with one attached hydrogen (secondary N) is 1. The average Bonchev–Trinajstić information content (AvgIpc) is 3.07. The van der Waals surface area contributed by atoms with Gasteiger partial charge in [-0.3, -0.25) is 15.0 Å². The van der Waals surface area contributed by atoms with Gasteiger partial charge in [0, 0.05) is 37.6 Å². The van der Waals surface area contributed by atoms with Gasteiger partial charge in [-0.05, 0) is 33.6 Å². The lowest BCUT2D eigenvalue weighted by Crippen LogP contribution is -2.52. The summed E-state index contributed by atoms with van der Waals surface area (Å²) in [4.78, 5) is 33.3. The van der Waals surface area contributed by atoms with Crippen LogP contribution in [-0.4, -0.2) is 64.6 Å². The van der Waals surface area contributed by atoms with Gasteiger partial charge in [-0.15, -0.1) is 11.3 Å². The van der Waals surface area contributed by atoms with Gasteiger partial charge in [-0.25, -0.2) is 9.78 Å². The van der Waals surface area contributed by atoms with E-state index >= 15 is 0 Å². The van der Waals surface area contributed by atoms with E-state index in [4.69, 9.17) is 4.74 Å². The van der Waals surface area contributed by atoms with Crippen molar-refractivity contribution in [3.05, 3.63) is 11.1 Å². The molecular formula is C20H32N4O3S. The van der Waals surface area contributed by atoms with Gasteiger partial charge in [0.2, 0.25) is 5.91 Å². The number of carbonyl (C=O) groups is 2. The van der Waals surface area contributed by atoms with Crippen molar-refractivity contribution in [3.63, 3.8) is 0 Å². The van der Waals surface area contributed by atoms with Crippen LogP contribution in [0.1, 0.15) is 58.6 Å². The highest BCUT2D eigenvalue weighted by Gasteiger charge is 2.27. The monoisotopic (exact) mass is 408 g/mol. The van der Waals surface area contributed by atoms with Crippen molar-refractivity contribution in [2.45, 2.75) is 70.9 Å². The highest BCUT2D eigenvalue weighted by Crippen LogP contribution is 2.24. The van der Waals surface area contributed by atoms with E-state index in [0.29, 0.717) is 16.9 Å². The number of carbonyl (C=O) groups excluding carboxylic acids is 2. The third-order valence-electron chi connectivity index (χ3n) is 5.25. The predicted molar refractivity (Wildman–Crippen MR) is 111 cm³/mol. The molecule has 2 amide bonds. The normalized spacial score (nSPS) is 19.5. The van der Waals surface area contributed by atoms with Crippen LogP contribution in [0.5, 0.6) is 0 Å². The van der Waals surface area contributed by atoms with Gasteiger partial charge in [-0.2, -0.15) is 0 Å². The molecule has 1 aliphatic carbocycles. The van der Waals surface area contributed by atoms with Crippen LogP contribution >= 0.6 is 11.3 Å². The third-order valence-corrected chi connectivity index (χ3v) is 6.06. The molecule has 0 bridgehead atoms. The first kappa shape index (κ1) is 21.0. The molecule has 8 heteroatoms. The smallest absolute Gasteiger partial charge is 0.413 e. The number of thiazole rings is 1. The van der Waals surface area contributed by atoms with Crippen molar-refractivity contribution in [2.75, 3.05) is 31.5 Å². The zero-order valence-electron chi connectivity index (χ0n) is 17.2. The maximum absolute atomic E-state index is 12.6. The zero-order chi connectivity index (χ0) is 20.1. The van der Waals surface area contributed by atoms with Crippen LogP contribution in [0.2, 0.25) is 0 Å². The Bertz CT molecular complexity index is 671. The van der Waals surface area contributed by atoms with E-state index in [9.17, 15) is 9.59 Å². The number of hydrogen-bond acceptors (Lipinski definition) is 6. The summed E-state index contributed by atoms with van der Waals surface area (Å²) in [5, 5.41) is 4.91. The molecule has 0 spiro atoms. The molecule has 3 rings (SSSR count). The van der Waals surface area contributed by atoms with Gasteiger partial charge in [-0.1, -0.05) is 19.3 Å². The summed E-state index contributed by atoms with van der Waals surface area (Å²) >= 11 is 1.31. The van der Waals surface area contributed by atoms with E-state index in [1.165, 1.54) is 43.4 Å². The standard InChI is InChI=1S/C20H32N4O3S/c1-20(2,3)27-19(26)22-18-21-15(14-28-18)13-17(25)24-11-9-23(10-12-24)16-7-5-4-6-8-16/h14,16H,4-13H2,1-3H3,(H,21,22,26). The van der Waals surface area contributed by atoms with E-state index in [2.05, 4.69) is 15.2 Å². The summed E-state index contributed by atoms with van der Waals surface area (Å²) in [6.07, 6.45) is 6.41. The number of hydrogen-bond donors (Lipinski definition) is 1. The summed E-state index contributed by atoms with van der Waals surface area (Å²) in [6.45, 7) is 8.97. The molecule has 2 heterocycles. The molecule has 1 saturated heterocycles. The summed E-state index contributed by atoms with van der Waals surface area (Å²) in [7, 11) is 0. The van der Waals surface area contributed by atoms with Crippen LogP contribution in [0.15, 0.2) is 5.38 Å². The van der Waals surface area contributed by atoms with Crippen molar-refractivity contribution in [3.8, 4) is 0 Å². The highest BCUT2D eigenvalue weighted by atomic mass is 32.1. The number of amides is 2. The van der Waals surface area contributed by atoms with Crippen LogP contribution in [0.25, 0.3) is 0 Å². The summed E-state index contributed by atoms with van der Waals surface area (Å²) in [6, 6.07) is 0.714. The molecule has 0 unspecified atom stereocenters. The summed E-state index contributed by atoms with van der Waals surface area (Å²) < 4.78 is 5.22. The van der Waals surface area contributed by atoms with Crippen LogP contribution in [0.3, 0.4) is 0 Å². The maximum atomic E-state index is 12.6. The first-order valence-electron chi connectivity index (χ1n) is 10.3. The first-order valence-corrected chi connectivity index (χ1v) is 11.1. The lowest BCUT2D eigenvalue weighted by molar-refractivity contribution is -0.132. The largest absolute Gasteiger partial charge is 0.444 e. The fraction of sp³-hybridized carbons (Fsp3) is 0.750. The lowest BCUT2D eigenvalue weighted by atomic mass is 9.94.